The number of hydrogen-bond acceptors (Lipinski definition) is 3. The van der Waals surface area contributed by atoms with Gasteiger partial charge < -0.3 is 0 Å². The van der Waals surface area contributed by atoms with E-state index in [9.17, 15) is 4.79 Å². The molecule has 3 heterocycles. The molecular weight excluding hydrogens is 284 g/mol. The molecule has 0 atom stereocenters. The first kappa shape index (κ1) is 10.5. The van der Waals surface area contributed by atoms with E-state index in [0.717, 1.165) is 15.9 Å². The van der Waals surface area contributed by atoms with Crippen LogP contribution in [0.3, 0.4) is 0 Å². The summed E-state index contributed by atoms with van der Waals surface area (Å²) >= 11 is 3.41. The van der Waals surface area contributed by atoms with Crippen LogP contribution in [-0.4, -0.2) is 20.7 Å². The van der Waals surface area contributed by atoms with Crippen molar-refractivity contribution >= 4 is 27.7 Å². The van der Waals surface area contributed by atoms with Gasteiger partial charge in [-0.05, 0) is 27.6 Å². The maximum absolute atomic E-state index is 12.2. The van der Waals surface area contributed by atoms with Crippen molar-refractivity contribution in [2.24, 2.45) is 7.05 Å². The van der Waals surface area contributed by atoms with Crippen molar-refractivity contribution in [3.8, 4) is 0 Å². The predicted molar refractivity (Wildman–Crippen MR) is 65.7 cm³/mol. The van der Waals surface area contributed by atoms with Crippen molar-refractivity contribution in [3.63, 3.8) is 0 Å². The van der Waals surface area contributed by atoms with Crippen LogP contribution in [0.15, 0.2) is 29.1 Å². The van der Waals surface area contributed by atoms with Crippen molar-refractivity contribution in [2.45, 2.75) is 6.54 Å². The van der Waals surface area contributed by atoms with E-state index in [-0.39, 0.29) is 5.91 Å². The average Bonchev–Trinajstić information content (AvgIpc) is 2.82. The number of aromatic nitrogens is 3. The third kappa shape index (κ3) is 1.48. The number of amides is 1. The molecule has 1 aliphatic heterocycles. The molecule has 0 aliphatic carbocycles. The average molecular weight is 293 g/mol. The molecule has 1 aliphatic rings. The second-order valence-electron chi connectivity index (χ2n) is 3.86. The van der Waals surface area contributed by atoms with E-state index < -0.39 is 0 Å². The molecule has 0 N–H and O–H groups in total. The zero-order chi connectivity index (χ0) is 12.0. The molecule has 2 aromatic rings. The number of pyridine rings is 1. The zero-order valence-corrected chi connectivity index (χ0v) is 10.7. The lowest BCUT2D eigenvalue weighted by Gasteiger charge is -2.16. The lowest BCUT2D eigenvalue weighted by Crippen LogP contribution is -2.25. The van der Waals surface area contributed by atoms with Crippen LogP contribution in [0.5, 0.6) is 0 Å². The molecule has 0 fully saturated rings. The van der Waals surface area contributed by atoms with Crippen molar-refractivity contribution < 1.29 is 4.79 Å². The first-order valence-electron chi connectivity index (χ1n) is 5.10. The van der Waals surface area contributed by atoms with Crippen LogP contribution in [0.4, 0.5) is 5.82 Å². The summed E-state index contributed by atoms with van der Waals surface area (Å²) in [6.07, 6.45) is 5.00. The Morgan fingerprint density at radius 2 is 2.24 bits per heavy atom. The fourth-order valence-electron chi connectivity index (χ4n) is 2.02. The van der Waals surface area contributed by atoms with Crippen molar-refractivity contribution in [1.82, 2.24) is 14.8 Å². The van der Waals surface area contributed by atoms with Crippen molar-refractivity contribution in [2.75, 3.05) is 4.90 Å². The van der Waals surface area contributed by atoms with Gasteiger partial charge in [0.25, 0.3) is 5.91 Å². The number of halogens is 1. The minimum Gasteiger partial charge on any atom is -0.287 e. The number of nitrogens with zero attached hydrogens (tertiary/aromatic N) is 4. The number of anilines is 1. The lowest BCUT2D eigenvalue weighted by molar-refractivity contribution is 0.0994. The highest BCUT2D eigenvalue weighted by Gasteiger charge is 2.31. The Balaban J connectivity index is 2.08. The normalized spacial score (nSPS) is 14.2. The molecule has 0 saturated carbocycles. The Bertz CT molecular complexity index is 588. The number of aryl methyl sites for hydroxylation is 1. The quantitative estimate of drug-likeness (QED) is 0.804. The van der Waals surface area contributed by atoms with Gasteiger partial charge in [0.2, 0.25) is 0 Å². The topological polar surface area (TPSA) is 51.0 Å². The van der Waals surface area contributed by atoms with Crippen LogP contribution in [0.2, 0.25) is 0 Å². The predicted octanol–water partition coefficient (Wildman–Crippen LogP) is 1.74. The van der Waals surface area contributed by atoms with E-state index in [1.54, 1.807) is 28.2 Å². The highest BCUT2D eigenvalue weighted by molar-refractivity contribution is 9.10. The molecule has 3 rings (SSSR count). The van der Waals surface area contributed by atoms with Crippen molar-refractivity contribution in [1.29, 1.82) is 0 Å². The van der Waals surface area contributed by atoms with E-state index >= 15 is 0 Å². The number of hydrogen-bond donors (Lipinski definition) is 0. The van der Waals surface area contributed by atoms with Crippen LogP contribution in [0, 0.1) is 0 Å². The van der Waals surface area contributed by atoms with Gasteiger partial charge in [-0.2, -0.15) is 5.10 Å². The maximum atomic E-state index is 12.2. The smallest absolute Gasteiger partial charge is 0.261 e. The molecule has 0 saturated heterocycles. The Labute approximate surface area is 106 Å². The van der Waals surface area contributed by atoms with Gasteiger partial charge >= 0.3 is 0 Å². The van der Waals surface area contributed by atoms with E-state index in [2.05, 4.69) is 26.0 Å². The van der Waals surface area contributed by atoms with E-state index in [0.29, 0.717) is 12.1 Å². The summed E-state index contributed by atoms with van der Waals surface area (Å²) in [7, 11) is 1.81. The van der Waals surface area contributed by atoms with Gasteiger partial charge in [-0.25, -0.2) is 0 Å². The summed E-state index contributed by atoms with van der Waals surface area (Å²) in [6, 6.07) is 1.87. The van der Waals surface area contributed by atoms with Gasteiger partial charge in [0, 0.05) is 19.4 Å². The Morgan fingerprint density at radius 1 is 1.41 bits per heavy atom. The SMILES string of the molecule is Cn1ncc(Br)c1N1Cc2ccncc2C1=O. The molecule has 6 heteroatoms. The third-order valence-electron chi connectivity index (χ3n) is 2.84. The first-order chi connectivity index (χ1) is 8.18. The number of carbonyl (C=O) groups is 1. The van der Waals surface area contributed by atoms with Crippen LogP contribution in [0.25, 0.3) is 0 Å². The molecule has 0 aromatic carbocycles. The Kier molecular flexibility index (Phi) is 2.25. The number of fused-ring (bicyclic) bond motifs is 1. The Hall–Kier alpha value is -1.69. The van der Waals surface area contributed by atoms with Crippen LogP contribution in [-0.2, 0) is 13.6 Å². The molecule has 0 bridgehead atoms. The van der Waals surface area contributed by atoms with Crippen LogP contribution in [0.1, 0.15) is 15.9 Å². The largest absolute Gasteiger partial charge is 0.287 e. The van der Waals surface area contributed by atoms with Gasteiger partial charge in [0.15, 0.2) is 0 Å². The second kappa shape index (κ2) is 3.66. The van der Waals surface area contributed by atoms with Gasteiger partial charge in [-0.1, -0.05) is 0 Å². The number of carbonyl (C=O) groups excluding carboxylic acids is 1. The van der Waals surface area contributed by atoms with Gasteiger partial charge in [-0.3, -0.25) is 19.4 Å². The summed E-state index contributed by atoms with van der Waals surface area (Å²) in [5.41, 5.74) is 1.67. The standard InChI is InChI=1S/C11H9BrN4O/c1-15-10(9(12)5-14-15)16-6-7-2-3-13-4-8(7)11(16)17/h2-5H,6H2,1H3. The molecule has 2 aromatic heterocycles. The first-order valence-corrected chi connectivity index (χ1v) is 5.90. The summed E-state index contributed by atoms with van der Waals surface area (Å²) in [6.45, 7) is 0.564. The molecule has 1 amide bonds. The van der Waals surface area contributed by atoms with Gasteiger partial charge in [-0.15, -0.1) is 0 Å². The molecule has 17 heavy (non-hydrogen) atoms. The van der Waals surface area contributed by atoms with E-state index in [1.165, 1.54) is 0 Å². The summed E-state index contributed by atoms with van der Waals surface area (Å²) in [5, 5.41) is 4.12. The monoisotopic (exact) mass is 292 g/mol. The summed E-state index contributed by atoms with van der Waals surface area (Å²) < 4.78 is 2.50. The van der Waals surface area contributed by atoms with Gasteiger partial charge in [0.05, 0.1) is 22.8 Å². The third-order valence-corrected chi connectivity index (χ3v) is 3.39. The van der Waals surface area contributed by atoms with Crippen LogP contribution >= 0.6 is 15.9 Å². The minimum absolute atomic E-state index is 0.0302. The molecule has 0 radical (unpaired) electrons. The molecule has 86 valence electrons. The summed E-state index contributed by atoms with van der Waals surface area (Å²) in [5.74, 6) is 0.739. The lowest BCUT2D eigenvalue weighted by atomic mass is 10.2. The van der Waals surface area contributed by atoms with Crippen LogP contribution < -0.4 is 4.90 Å². The molecule has 0 unspecified atom stereocenters. The van der Waals surface area contributed by atoms with Crippen molar-refractivity contribution in [3.05, 3.63) is 40.3 Å². The molecule has 0 spiro atoms. The zero-order valence-electron chi connectivity index (χ0n) is 9.09. The molecular formula is C11H9BrN4O. The molecule has 5 nitrogen and oxygen atoms in total. The fraction of sp³-hybridized carbons (Fsp3) is 0.182. The summed E-state index contributed by atoms with van der Waals surface area (Å²) in [4.78, 5) is 17.9. The number of rotatable bonds is 1. The minimum atomic E-state index is -0.0302. The van der Waals surface area contributed by atoms with Gasteiger partial charge in [0.1, 0.15) is 5.82 Å². The fourth-order valence-corrected chi connectivity index (χ4v) is 2.58. The Morgan fingerprint density at radius 3 is 2.88 bits per heavy atom. The van der Waals surface area contributed by atoms with E-state index in [1.807, 2.05) is 13.1 Å². The highest BCUT2D eigenvalue weighted by atomic mass is 79.9. The second-order valence-corrected chi connectivity index (χ2v) is 4.72. The highest BCUT2D eigenvalue weighted by Crippen LogP contribution is 2.32. The van der Waals surface area contributed by atoms with E-state index in [4.69, 9.17) is 0 Å². The maximum Gasteiger partial charge on any atom is 0.261 e.